The van der Waals surface area contributed by atoms with Crippen LogP contribution in [0.3, 0.4) is 0 Å². The molecule has 28 heavy (non-hydrogen) atoms. The van der Waals surface area contributed by atoms with Gasteiger partial charge in [0.1, 0.15) is 5.82 Å². The predicted octanol–water partition coefficient (Wildman–Crippen LogP) is 4.17. The fraction of sp³-hybridized carbons (Fsp3) is 0.650. The van der Waals surface area contributed by atoms with Gasteiger partial charge in [-0.05, 0) is 51.5 Å². The lowest BCUT2D eigenvalue weighted by Gasteiger charge is -2.16. The molecule has 8 heteroatoms. The van der Waals surface area contributed by atoms with Crippen LogP contribution in [-0.4, -0.2) is 40.1 Å². The van der Waals surface area contributed by atoms with E-state index in [0.29, 0.717) is 6.04 Å². The van der Waals surface area contributed by atoms with Gasteiger partial charge in [0, 0.05) is 35.3 Å². The van der Waals surface area contributed by atoms with Crippen molar-refractivity contribution in [3.8, 4) is 0 Å². The molecule has 2 aromatic heterocycles. The molecule has 1 aliphatic rings. The van der Waals surface area contributed by atoms with Gasteiger partial charge in [0.25, 0.3) is 0 Å². The molecule has 0 spiro atoms. The van der Waals surface area contributed by atoms with E-state index in [-0.39, 0.29) is 0 Å². The minimum Gasteiger partial charge on any atom is -0.357 e. The molecule has 2 aromatic rings. The van der Waals surface area contributed by atoms with Gasteiger partial charge in [0.2, 0.25) is 0 Å². The summed E-state index contributed by atoms with van der Waals surface area (Å²) in [5, 5.41) is 16.7. The lowest BCUT2D eigenvalue weighted by molar-refractivity contribution is 0.460. The van der Waals surface area contributed by atoms with Crippen molar-refractivity contribution < 1.29 is 0 Å². The molecule has 2 heterocycles. The van der Waals surface area contributed by atoms with Crippen LogP contribution in [0, 0.1) is 6.92 Å². The van der Waals surface area contributed by atoms with E-state index in [1.807, 2.05) is 11.3 Å². The monoisotopic (exact) mass is 420 g/mol. The van der Waals surface area contributed by atoms with Crippen LogP contribution in [0.1, 0.15) is 60.6 Å². The zero-order chi connectivity index (χ0) is 19.8. The number of aromatic nitrogens is 3. The first-order valence-corrected chi connectivity index (χ1v) is 12.3. The molecule has 0 aliphatic heterocycles. The summed E-state index contributed by atoms with van der Waals surface area (Å²) < 4.78 is 2.40. The predicted molar refractivity (Wildman–Crippen MR) is 120 cm³/mol. The number of guanidine groups is 1. The van der Waals surface area contributed by atoms with Crippen LogP contribution in [-0.2, 0) is 13.0 Å². The Balaban J connectivity index is 1.51. The van der Waals surface area contributed by atoms with Crippen LogP contribution in [0.4, 0.5) is 0 Å². The third kappa shape index (κ3) is 5.73. The molecule has 3 rings (SSSR count). The molecule has 0 aromatic carbocycles. The Labute approximate surface area is 176 Å². The third-order valence-corrected chi connectivity index (χ3v) is 6.64. The second-order valence-electron chi connectivity index (χ2n) is 7.15. The third-order valence-electron chi connectivity index (χ3n) is 5.01. The molecular weight excluding hydrogens is 388 g/mol. The smallest absolute Gasteiger partial charge is 0.191 e. The first kappa shape index (κ1) is 21.2. The number of nitrogens with one attached hydrogen (secondary N) is 2. The van der Waals surface area contributed by atoms with E-state index in [9.17, 15) is 0 Å². The Kier molecular flexibility index (Phi) is 8.21. The average molecular weight is 421 g/mol. The lowest BCUT2D eigenvalue weighted by Crippen LogP contribution is -2.37. The number of thiophene rings is 1. The number of nitrogens with zero attached hydrogens (tertiary/aromatic N) is 4. The summed E-state index contributed by atoms with van der Waals surface area (Å²) in [6.07, 6.45) is 9.22. The first-order chi connectivity index (χ1) is 13.7. The maximum Gasteiger partial charge on any atom is 0.191 e. The Morgan fingerprint density at radius 2 is 2.11 bits per heavy atom. The van der Waals surface area contributed by atoms with Crippen molar-refractivity contribution in [3.63, 3.8) is 0 Å². The van der Waals surface area contributed by atoms with Gasteiger partial charge in [-0.2, -0.15) is 0 Å². The molecule has 0 bridgehead atoms. The highest BCUT2D eigenvalue weighted by molar-refractivity contribution is 7.98. The molecule has 1 aliphatic carbocycles. The SMILES string of the molecule is CCNC(=NCc1ccc(C)s1)NCCCc1nnc(SC)n1C1CCCC1. The van der Waals surface area contributed by atoms with E-state index in [4.69, 9.17) is 4.99 Å². The van der Waals surface area contributed by atoms with Crippen molar-refractivity contribution in [2.75, 3.05) is 19.3 Å². The number of rotatable bonds is 9. The second-order valence-corrected chi connectivity index (χ2v) is 9.29. The molecule has 0 atom stereocenters. The van der Waals surface area contributed by atoms with Gasteiger partial charge in [-0.3, -0.25) is 0 Å². The summed E-state index contributed by atoms with van der Waals surface area (Å²) in [5.74, 6) is 2.02. The summed E-state index contributed by atoms with van der Waals surface area (Å²) in [5.41, 5.74) is 0. The normalized spacial score (nSPS) is 15.3. The van der Waals surface area contributed by atoms with E-state index in [0.717, 1.165) is 49.4 Å². The van der Waals surface area contributed by atoms with Crippen molar-refractivity contribution in [2.24, 2.45) is 4.99 Å². The molecule has 6 nitrogen and oxygen atoms in total. The fourth-order valence-corrected chi connectivity index (χ4v) is 5.06. The van der Waals surface area contributed by atoms with Crippen molar-refractivity contribution >= 4 is 29.1 Å². The van der Waals surface area contributed by atoms with Gasteiger partial charge in [0.05, 0.1) is 6.54 Å². The van der Waals surface area contributed by atoms with Crippen LogP contribution in [0.5, 0.6) is 0 Å². The molecule has 154 valence electrons. The van der Waals surface area contributed by atoms with E-state index in [2.05, 4.69) is 57.6 Å². The van der Waals surface area contributed by atoms with Gasteiger partial charge in [-0.1, -0.05) is 24.6 Å². The van der Waals surface area contributed by atoms with Gasteiger partial charge < -0.3 is 15.2 Å². The highest BCUT2D eigenvalue weighted by atomic mass is 32.2. The number of aryl methyl sites for hydroxylation is 2. The Bertz CT molecular complexity index is 761. The number of thioether (sulfide) groups is 1. The van der Waals surface area contributed by atoms with E-state index >= 15 is 0 Å². The standard InChI is InChI=1S/C20H32N6S2/c1-4-21-19(23-14-17-12-11-15(2)28-17)22-13-7-10-18-24-25-20(27-3)26(18)16-8-5-6-9-16/h11-12,16H,4-10,13-14H2,1-3H3,(H2,21,22,23). The molecule has 0 amide bonds. The Morgan fingerprint density at radius 3 is 2.79 bits per heavy atom. The van der Waals surface area contributed by atoms with Crippen molar-refractivity contribution in [1.29, 1.82) is 0 Å². The summed E-state index contributed by atoms with van der Waals surface area (Å²) in [4.78, 5) is 7.34. The number of hydrogen-bond donors (Lipinski definition) is 2. The summed E-state index contributed by atoms with van der Waals surface area (Å²) >= 11 is 3.51. The zero-order valence-electron chi connectivity index (χ0n) is 17.2. The van der Waals surface area contributed by atoms with Crippen LogP contribution < -0.4 is 10.6 Å². The van der Waals surface area contributed by atoms with Gasteiger partial charge in [-0.25, -0.2) is 4.99 Å². The summed E-state index contributed by atoms with van der Waals surface area (Å²) in [7, 11) is 0. The fourth-order valence-electron chi connectivity index (χ4n) is 3.67. The van der Waals surface area contributed by atoms with Crippen LogP contribution in [0.2, 0.25) is 0 Å². The highest BCUT2D eigenvalue weighted by Crippen LogP contribution is 2.33. The maximum absolute atomic E-state index is 4.71. The van der Waals surface area contributed by atoms with Crippen LogP contribution >= 0.6 is 23.1 Å². The topological polar surface area (TPSA) is 67.1 Å². The Morgan fingerprint density at radius 1 is 1.29 bits per heavy atom. The average Bonchev–Trinajstić information content (AvgIpc) is 3.43. The zero-order valence-corrected chi connectivity index (χ0v) is 18.8. The minimum atomic E-state index is 0.591. The molecule has 1 fully saturated rings. The van der Waals surface area contributed by atoms with Gasteiger partial charge >= 0.3 is 0 Å². The number of hydrogen-bond acceptors (Lipinski definition) is 5. The maximum atomic E-state index is 4.71. The van der Waals surface area contributed by atoms with Gasteiger partial charge in [0.15, 0.2) is 11.1 Å². The van der Waals surface area contributed by atoms with E-state index in [1.165, 1.54) is 35.4 Å². The number of aliphatic imine (C=N–C) groups is 1. The summed E-state index contributed by atoms with van der Waals surface area (Å²) in [6, 6.07) is 4.90. The quantitative estimate of drug-likeness (QED) is 0.276. The molecule has 1 saturated carbocycles. The van der Waals surface area contributed by atoms with Crippen molar-refractivity contribution in [3.05, 3.63) is 27.7 Å². The highest BCUT2D eigenvalue weighted by Gasteiger charge is 2.23. The Hall–Kier alpha value is -1.54. The minimum absolute atomic E-state index is 0.591. The summed E-state index contributed by atoms with van der Waals surface area (Å²) in [6.45, 7) is 6.69. The van der Waals surface area contributed by atoms with Crippen molar-refractivity contribution in [2.45, 2.75) is 70.1 Å². The van der Waals surface area contributed by atoms with Gasteiger partial charge in [-0.15, -0.1) is 21.5 Å². The molecule has 0 unspecified atom stereocenters. The van der Waals surface area contributed by atoms with Crippen molar-refractivity contribution in [1.82, 2.24) is 25.4 Å². The largest absolute Gasteiger partial charge is 0.357 e. The molecular formula is C20H32N6S2. The van der Waals surface area contributed by atoms with E-state index in [1.54, 1.807) is 11.8 Å². The van der Waals surface area contributed by atoms with E-state index < -0.39 is 0 Å². The van der Waals surface area contributed by atoms with Crippen LogP contribution in [0.15, 0.2) is 22.3 Å². The molecule has 0 saturated heterocycles. The second kappa shape index (κ2) is 10.9. The first-order valence-electron chi connectivity index (χ1n) is 10.3. The molecule has 2 N–H and O–H groups in total. The lowest BCUT2D eigenvalue weighted by atomic mass is 10.2. The van der Waals surface area contributed by atoms with Crippen LogP contribution in [0.25, 0.3) is 0 Å². The molecule has 0 radical (unpaired) electrons.